The summed E-state index contributed by atoms with van der Waals surface area (Å²) in [4.78, 5) is 28.8. The number of halogens is 1. The largest absolute Gasteiger partial charge is 0.454 e. The summed E-state index contributed by atoms with van der Waals surface area (Å²) in [5.41, 5.74) is 6.91. The van der Waals surface area contributed by atoms with Gasteiger partial charge < -0.3 is 29.4 Å². The Kier molecular flexibility index (Phi) is 6.90. The minimum atomic E-state index is -0.505. The molecule has 3 aromatic rings. The zero-order valence-corrected chi connectivity index (χ0v) is 22.9. The number of hydrogen-bond acceptors (Lipinski definition) is 9. The molecule has 1 saturated heterocycles. The lowest BCUT2D eigenvalue weighted by molar-refractivity contribution is 0.0159. The SMILES string of the molecule is CC(C)(C)OC(=O)N1CCC[C@H](CCn2c(Sc3cc4c(cc3Br)OCO4)nc3c(N)ncnc32)C1. The van der Waals surface area contributed by atoms with E-state index in [0.717, 1.165) is 40.3 Å². The topological polar surface area (TPSA) is 118 Å². The van der Waals surface area contributed by atoms with E-state index in [1.807, 2.05) is 37.8 Å². The molecule has 2 N–H and O–H groups in total. The molecule has 0 spiro atoms. The van der Waals surface area contributed by atoms with Crippen molar-refractivity contribution in [3.05, 3.63) is 22.9 Å². The first-order chi connectivity index (χ1) is 17.2. The number of piperidine rings is 1. The standard InChI is InChI=1S/C24H29BrN6O4S/c1-24(2,3)35-23(32)30-7-4-5-14(11-30)6-8-31-21-19(20(26)27-12-28-21)29-22(31)36-18-10-17-16(9-15(18)25)33-13-34-17/h9-10,12,14H,4-8,11,13H2,1-3H3,(H2,26,27,28)/t14-/m1/s1. The minimum absolute atomic E-state index is 0.211. The van der Waals surface area contributed by atoms with Crippen LogP contribution in [0.3, 0.4) is 0 Å². The fourth-order valence-electron chi connectivity index (χ4n) is 4.39. The van der Waals surface area contributed by atoms with Gasteiger partial charge in [0.25, 0.3) is 0 Å². The Bertz CT molecular complexity index is 1290. The highest BCUT2D eigenvalue weighted by molar-refractivity contribution is 9.10. The second-order valence-corrected chi connectivity index (χ2v) is 11.8. The maximum Gasteiger partial charge on any atom is 0.410 e. The third-order valence-corrected chi connectivity index (χ3v) is 8.06. The van der Waals surface area contributed by atoms with Crippen molar-refractivity contribution in [1.82, 2.24) is 24.4 Å². The van der Waals surface area contributed by atoms with Gasteiger partial charge in [-0.1, -0.05) is 11.8 Å². The number of aryl methyl sites for hydroxylation is 1. The number of fused-ring (bicyclic) bond motifs is 2. The summed E-state index contributed by atoms with van der Waals surface area (Å²) < 4.78 is 19.6. The van der Waals surface area contributed by atoms with Crippen LogP contribution >= 0.6 is 27.7 Å². The summed E-state index contributed by atoms with van der Waals surface area (Å²) in [6, 6.07) is 3.84. The molecule has 2 aromatic heterocycles. The van der Waals surface area contributed by atoms with E-state index in [4.69, 9.17) is 24.9 Å². The van der Waals surface area contributed by atoms with E-state index in [1.165, 1.54) is 18.1 Å². The van der Waals surface area contributed by atoms with Crippen LogP contribution in [-0.2, 0) is 11.3 Å². The Labute approximate surface area is 222 Å². The van der Waals surface area contributed by atoms with Crippen molar-refractivity contribution < 1.29 is 19.0 Å². The zero-order chi connectivity index (χ0) is 25.4. The van der Waals surface area contributed by atoms with E-state index >= 15 is 0 Å². The van der Waals surface area contributed by atoms with Crippen molar-refractivity contribution in [2.45, 2.75) is 62.2 Å². The Morgan fingerprint density at radius 1 is 1.28 bits per heavy atom. The number of hydrogen-bond donors (Lipinski definition) is 1. The predicted octanol–water partition coefficient (Wildman–Crippen LogP) is 5.09. The Morgan fingerprint density at radius 2 is 2.06 bits per heavy atom. The molecule has 192 valence electrons. The first kappa shape index (κ1) is 24.9. The van der Waals surface area contributed by atoms with Gasteiger partial charge in [-0.15, -0.1) is 0 Å². The molecule has 1 aromatic carbocycles. The first-order valence-electron chi connectivity index (χ1n) is 11.9. The van der Waals surface area contributed by atoms with Crippen LogP contribution in [0.25, 0.3) is 11.2 Å². The predicted molar refractivity (Wildman–Crippen MR) is 139 cm³/mol. The summed E-state index contributed by atoms with van der Waals surface area (Å²) >= 11 is 5.14. The van der Waals surface area contributed by atoms with Crippen molar-refractivity contribution in [3.8, 4) is 11.5 Å². The van der Waals surface area contributed by atoms with Crippen LogP contribution in [0.4, 0.5) is 10.6 Å². The summed E-state index contributed by atoms with van der Waals surface area (Å²) in [6.45, 7) is 7.97. The third-order valence-electron chi connectivity index (χ3n) is 6.09. The summed E-state index contributed by atoms with van der Waals surface area (Å²) in [6.07, 6.45) is 4.09. The van der Waals surface area contributed by atoms with Crippen molar-refractivity contribution in [2.24, 2.45) is 5.92 Å². The number of ether oxygens (including phenoxy) is 3. The molecule has 10 nitrogen and oxygen atoms in total. The number of nitrogen functional groups attached to an aromatic ring is 1. The van der Waals surface area contributed by atoms with Crippen LogP contribution in [0.1, 0.15) is 40.0 Å². The van der Waals surface area contributed by atoms with E-state index < -0.39 is 5.60 Å². The smallest absolute Gasteiger partial charge is 0.410 e. The number of rotatable bonds is 5. The molecule has 12 heteroatoms. The molecule has 2 aliphatic heterocycles. The van der Waals surface area contributed by atoms with Crippen LogP contribution in [0, 0.1) is 5.92 Å². The molecule has 0 unspecified atom stereocenters. The number of nitrogens with two attached hydrogens (primary N) is 1. The summed E-state index contributed by atoms with van der Waals surface area (Å²) in [7, 11) is 0. The molecule has 0 aliphatic carbocycles. The van der Waals surface area contributed by atoms with Crippen LogP contribution < -0.4 is 15.2 Å². The lowest BCUT2D eigenvalue weighted by Gasteiger charge is -2.34. The van der Waals surface area contributed by atoms with E-state index in [9.17, 15) is 4.79 Å². The molecular formula is C24H29BrN6O4S. The van der Waals surface area contributed by atoms with Gasteiger partial charge in [-0.2, -0.15) is 0 Å². The number of amides is 1. The van der Waals surface area contributed by atoms with Gasteiger partial charge in [0.2, 0.25) is 6.79 Å². The van der Waals surface area contributed by atoms with Crippen LogP contribution in [0.5, 0.6) is 11.5 Å². The molecule has 36 heavy (non-hydrogen) atoms. The second kappa shape index (κ2) is 9.97. The summed E-state index contributed by atoms with van der Waals surface area (Å²) in [5, 5.41) is 0.761. The third kappa shape index (κ3) is 5.34. The van der Waals surface area contributed by atoms with Crippen LogP contribution in [-0.4, -0.2) is 56.0 Å². The lowest BCUT2D eigenvalue weighted by Crippen LogP contribution is -2.43. The second-order valence-electron chi connectivity index (χ2n) is 9.94. The van der Waals surface area contributed by atoms with Gasteiger partial charge in [0.15, 0.2) is 33.6 Å². The molecule has 0 radical (unpaired) electrons. The Balaban J connectivity index is 1.36. The van der Waals surface area contributed by atoms with E-state index in [0.29, 0.717) is 47.5 Å². The number of imidazole rings is 1. The monoisotopic (exact) mass is 576 g/mol. The average molecular weight is 578 g/mol. The number of anilines is 1. The van der Waals surface area contributed by atoms with Crippen molar-refractivity contribution in [3.63, 3.8) is 0 Å². The minimum Gasteiger partial charge on any atom is -0.454 e. The molecule has 0 saturated carbocycles. The van der Waals surface area contributed by atoms with Crippen molar-refractivity contribution >= 4 is 50.8 Å². The molecule has 1 atom stereocenters. The van der Waals surface area contributed by atoms with Gasteiger partial charge in [0.1, 0.15) is 11.9 Å². The van der Waals surface area contributed by atoms with Crippen molar-refractivity contribution in [1.29, 1.82) is 0 Å². The van der Waals surface area contributed by atoms with Crippen molar-refractivity contribution in [2.75, 3.05) is 25.6 Å². The number of aromatic nitrogens is 4. The molecular weight excluding hydrogens is 548 g/mol. The Morgan fingerprint density at radius 3 is 2.83 bits per heavy atom. The fourth-order valence-corrected chi connectivity index (χ4v) is 5.90. The van der Waals surface area contributed by atoms with Gasteiger partial charge in [0.05, 0.1) is 0 Å². The maximum atomic E-state index is 12.6. The number of likely N-dealkylation sites (tertiary alicyclic amines) is 1. The van der Waals surface area contributed by atoms with E-state index in [1.54, 1.807) is 0 Å². The molecule has 1 amide bonds. The number of carbonyl (C=O) groups excluding carboxylic acids is 1. The number of benzene rings is 1. The summed E-state index contributed by atoms with van der Waals surface area (Å²) in [5.74, 6) is 2.10. The fraction of sp³-hybridized carbons (Fsp3) is 0.500. The quantitative estimate of drug-likeness (QED) is 0.443. The molecule has 4 heterocycles. The number of nitrogens with zero attached hydrogens (tertiary/aromatic N) is 5. The highest BCUT2D eigenvalue weighted by atomic mass is 79.9. The molecule has 2 aliphatic rings. The van der Waals surface area contributed by atoms with E-state index in [2.05, 4.69) is 30.5 Å². The van der Waals surface area contributed by atoms with Crippen LogP contribution in [0.15, 0.2) is 33.0 Å². The highest BCUT2D eigenvalue weighted by Crippen LogP contribution is 2.43. The van der Waals surface area contributed by atoms with E-state index in [-0.39, 0.29) is 12.9 Å². The zero-order valence-electron chi connectivity index (χ0n) is 20.5. The van der Waals surface area contributed by atoms with Gasteiger partial charge in [0, 0.05) is 29.0 Å². The normalized spacial score (nSPS) is 17.6. The molecule has 1 fully saturated rings. The molecule has 5 rings (SSSR count). The molecule has 0 bridgehead atoms. The first-order valence-corrected chi connectivity index (χ1v) is 13.5. The van der Waals surface area contributed by atoms with Gasteiger partial charge in [-0.05, 0) is 74.0 Å². The van der Waals surface area contributed by atoms with Crippen LogP contribution in [0.2, 0.25) is 0 Å². The maximum absolute atomic E-state index is 12.6. The highest BCUT2D eigenvalue weighted by Gasteiger charge is 2.28. The average Bonchev–Trinajstić information content (AvgIpc) is 3.41. The van der Waals surface area contributed by atoms with Gasteiger partial charge in [-0.3, -0.25) is 0 Å². The lowest BCUT2D eigenvalue weighted by atomic mass is 9.95. The number of carbonyl (C=O) groups is 1. The van der Waals surface area contributed by atoms with Gasteiger partial charge >= 0.3 is 6.09 Å². The van der Waals surface area contributed by atoms with Gasteiger partial charge in [-0.25, -0.2) is 19.7 Å². The Hall–Kier alpha value is -2.73.